The summed E-state index contributed by atoms with van der Waals surface area (Å²) in [5, 5.41) is 5.43. The number of hydrogen-bond acceptors (Lipinski definition) is 5. The lowest BCUT2D eigenvalue weighted by molar-refractivity contribution is -0.143. The van der Waals surface area contributed by atoms with Gasteiger partial charge in [-0.05, 0) is 51.2 Å². The summed E-state index contributed by atoms with van der Waals surface area (Å²) in [5.41, 5.74) is 6.38. The van der Waals surface area contributed by atoms with Crippen molar-refractivity contribution >= 4 is 23.8 Å². The zero-order valence-corrected chi connectivity index (χ0v) is 22.7. The lowest BCUT2D eigenvalue weighted by Crippen LogP contribution is -2.54. The molecule has 1 rings (SSSR count). The third kappa shape index (κ3) is 10.7. The summed E-state index contributed by atoms with van der Waals surface area (Å²) < 4.78 is 5.29. The smallest absolute Gasteiger partial charge is 0.408 e. The number of aryl methyl sites for hydroxylation is 1. The number of unbranched alkanes of at least 4 members (excludes halogenated alkanes) is 2. The van der Waals surface area contributed by atoms with Gasteiger partial charge in [-0.15, -0.1) is 0 Å². The molecule has 9 heteroatoms. The maximum absolute atomic E-state index is 13.8. The number of nitrogens with zero attached hydrogens (tertiary/aromatic N) is 1. The standard InChI is InChI=1S/C27H44N4O5/c1-7-10-16-29-24(33)23(20-14-12-19(9-3)13-15-20)31(17-11-8-2)25(34)21(18-22(28)32)30-26(35)36-27(4,5)6/h12-15,21,23H,7-11,16-18H2,1-6H3,(H2,28,32)(H,29,33)(H,30,35). The zero-order chi connectivity index (χ0) is 27.3. The Labute approximate surface area is 215 Å². The molecule has 0 heterocycles. The molecule has 0 saturated heterocycles. The Morgan fingerprint density at radius 2 is 1.61 bits per heavy atom. The van der Waals surface area contributed by atoms with Gasteiger partial charge in [-0.3, -0.25) is 14.4 Å². The minimum absolute atomic E-state index is 0.266. The maximum Gasteiger partial charge on any atom is 0.408 e. The molecule has 0 aliphatic rings. The number of nitrogens with two attached hydrogens (primary N) is 1. The van der Waals surface area contributed by atoms with Crippen molar-refractivity contribution in [3.63, 3.8) is 0 Å². The fourth-order valence-corrected chi connectivity index (χ4v) is 3.64. The van der Waals surface area contributed by atoms with Crippen LogP contribution in [0.4, 0.5) is 4.79 Å². The van der Waals surface area contributed by atoms with Crippen molar-refractivity contribution in [3.8, 4) is 0 Å². The molecule has 2 unspecified atom stereocenters. The van der Waals surface area contributed by atoms with Gasteiger partial charge in [0.15, 0.2) is 0 Å². The Morgan fingerprint density at radius 3 is 2.11 bits per heavy atom. The summed E-state index contributed by atoms with van der Waals surface area (Å²) in [4.78, 5) is 53.0. The highest BCUT2D eigenvalue weighted by molar-refractivity contribution is 5.94. The third-order valence-electron chi connectivity index (χ3n) is 5.52. The highest BCUT2D eigenvalue weighted by Crippen LogP contribution is 2.24. The van der Waals surface area contributed by atoms with Gasteiger partial charge in [0.25, 0.3) is 0 Å². The number of primary amides is 1. The molecular formula is C27H44N4O5. The zero-order valence-electron chi connectivity index (χ0n) is 22.7. The molecule has 0 bridgehead atoms. The molecule has 202 valence electrons. The number of benzene rings is 1. The van der Waals surface area contributed by atoms with Gasteiger partial charge < -0.3 is 26.0 Å². The normalized spacial score (nSPS) is 12.8. The highest BCUT2D eigenvalue weighted by atomic mass is 16.6. The summed E-state index contributed by atoms with van der Waals surface area (Å²) >= 11 is 0. The number of rotatable bonds is 14. The first-order chi connectivity index (χ1) is 16.9. The summed E-state index contributed by atoms with van der Waals surface area (Å²) in [6.45, 7) is 11.9. The number of ether oxygens (including phenoxy) is 1. The van der Waals surface area contributed by atoms with Crippen LogP contribution in [-0.4, -0.2) is 53.4 Å². The van der Waals surface area contributed by atoms with Gasteiger partial charge in [0.05, 0.1) is 6.42 Å². The van der Waals surface area contributed by atoms with Crippen LogP contribution in [0.2, 0.25) is 0 Å². The largest absolute Gasteiger partial charge is 0.444 e. The Bertz CT molecular complexity index is 864. The predicted molar refractivity (Wildman–Crippen MR) is 140 cm³/mol. The van der Waals surface area contributed by atoms with Gasteiger partial charge in [0, 0.05) is 13.1 Å². The van der Waals surface area contributed by atoms with E-state index in [1.165, 1.54) is 4.90 Å². The SMILES string of the molecule is CCCCNC(=O)C(c1ccc(CC)cc1)N(CCCC)C(=O)C(CC(N)=O)NC(=O)OC(C)(C)C. The number of nitrogens with one attached hydrogen (secondary N) is 2. The lowest BCUT2D eigenvalue weighted by atomic mass is 9.99. The minimum atomic E-state index is -1.27. The minimum Gasteiger partial charge on any atom is -0.444 e. The number of hydrogen-bond donors (Lipinski definition) is 3. The van der Waals surface area contributed by atoms with E-state index in [9.17, 15) is 19.2 Å². The Morgan fingerprint density at radius 1 is 1.00 bits per heavy atom. The van der Waals surface area contributed by atoms with Gasteiger partial charge in [-0.25, -0.2) is 4.79 Å². The molecule has 1 aromatic rings. The van der Waals surface area contributed by atoms with E-state index in [2.05, 4.69) is 10.6 Å². The molecule has 0 aliphatic heterocycles. The average Bonchev–Trinajstić information content (AvgIpc) is 2.79. The second kappa shape index (κ2) is 15.1. The van der Waals surface area contributed by atoms with E-state index in [0.29, 0.717) is 18.5 Å². The molecule has 0 spiro atoms. The first-order valence-corrected chi connectivity index (χ1v) is 12.9. The Balaban J connectivity index is 3.43. The summed E-state index contributed by atoms with van der Waals surface area (Å²) in [6, 6.07) is 5.37. The van der Waals surface area contributed by atoms with Gasteiger partial charge in [0.1, 0.15) is 17.7 Å². The molecule has 36 heavy (non-hydrogen) atoms. The van der Waals surface area contributed by atoms with E-state index in [1.807, 2.05) is 45.0 Å². The fourth-order valence-electron chi connectivity index (χ4n) is 3.64. The fraction of sp³-hybridized carbons (Fsp3) is 0.630. The van der Waals surface area contributed by atoms with Crippen LogP contribution in [0.15, 0.2) is 24.3 Å². The maximum atomic E-state index is 13.8. The molecule has 2 atom stereocenters. The van der Waals surface area contributed by atoms with Gasteiger partial charge in [-0.1, -0.05) is 57.9 Å². The Kier molecular flexibility index (Phi) is 13.0. The van der Waals surface area contributed by atoms with E-state index in [-0.39, 0.29) is 12.5 Å². The van der Waals surface area contributed by atoms with Crippen molar-refractivity contribution in [2.75, 3.05) is 13.1 Å². The van der Waals surface area contributed by atoms with Gasteiger partial charge in [0.2, 0.25) is 17.7 Å². The first-order valence-electron chi connectivity index (χ1n) is 12.9. The first kappa shape index (κ1) is 30.9. The van der Waals surface area contributed by atoms with Crippen LogP contribution in [-0.2, 0) is 25.5 Å². The Hall–Kier alpha value is -3.10. The molecule has 0 saturated carbocycles. The number of carbonyl (C=O) groups is 4. The molecule has 4 N–H and O–H groups in total. The lowest BCUT2D eigenvalue weighted by Gasteiger charge is -2.34. The average molecular weight is 505 g/mol. The van der Waals surface area contributed by atoms with Crippen molar-refractivity contribution in [1.29, 1.82) is 0 Å². The third-order valence-corrected chi connectivity index (χ3v) is 5.52. The van der Waals surface area contributed by atoms with Gasteiger partial charge >= 0.3 is 6.09 Å². The van der Waals surface area contributed by atoms with E-state index in [1.54, 1.807) is 20.8 Å². The van der Waals surface area contributed by atoms with Crippen LogP contribution >= 0.6 is 0 Å². The van der Waals surface area contributed by atoms with E-state index >= 15 is 0 Å². The van der Waals surface area contributed by atoms with Crippen molar-refractivity contribution in [2.45, 2.75) is 97.8 Å². The van der Waals surface area contributed by atoms with Crippen LogP contribution in [0.3, 0.4) is 0 Å². The van der Waals surface area contributed by atoms with Crippen molar-refractivity contribution < 1.29 is 23.9 Å². The molecule has 0 aliphatic carbocycles. The van der Waals surface area contributed by atoms with Gasteiger partial charge in [-0.2, -0.15) is 0 Å². The summed E-state index contributed by atoms with van der Waals surface area (Å²) in [6.07, 6.45) is 2.71. The molecule has 1 aromatic carbocycles. The monoisotopic (exact) mass is 504 g/mol. The van der Waals surface area contributed by atoms with Crippen LogP contribution in [0.5, 0.6) is 0 Å². The topological polar surface area (TPSA) is 131 Å². The van der Waals surface area contributed by atoms with E-state index in [0.717, 1.165) is 31.2 Å². The number of alkyl carbamates (subject to hydrolysis) is 1. The molecule has 9 nitrogen and oxygen atoms in total. The number of amides is 4. The van der Waals surface area contributed by atoms with Crippen molar-refractivity contribution in [2.24, 2.45) is 5.73 Å². The molecular weight excluding hydrogens is 460 g/mol. The van der Waals surface area contributed by atoms with Crippen molar-refractivity contribution in [1.82, 2.24) is 15.5 Å². The van der Waals surface area contributed by atoms with E-state index < -0.39 is 42.0 Å². The van der Waals surface area contributed by atoms with Crippen LogP contribution in [0, 0.1) is 0 Å². The second-order valence-electron chi connectivity index (χ2n) is 9.90. The molecule has 0 radical (unpaired) electrons. The van der Waals surface area contributed by atoms with E-state index in [4.69, 9.17) is 10.5 Å². The van der Waals surface area contributed by atoms with Crippen LogP contribution in [0.1, 0.15) is 90.8 Å². The quantitative estimate of drug-likeness (QED) is 0.333. The molecule has 0 fully saturated rings. The summed E-state index contributed by atoms with van der Waals surface area (Å²) in [5.74, 6) is -1.63. The van der Waals surface area contributed by atoms with Crippen molar-refractivity contribution in [3.05, 3.63) is 35.4 Å². The molecule has 0 aromatic heterocycles. The summed E-state index contributed by atoms with van der Waals surface area (Å²) in [7, 11) is 0. The van der Waals surface area contributed by atoms with Crippen LogP contribution in [0.25, 0.3) is 0 Å². The second-order valence-corrected chi connectivity index (χ2v) is 9.90. The van der Waals surface area contributed by atoms with Crippen LogP contribution < -0.4 is 16.4 Å². The number of carbonyl (C=O) groups excluding carboxylic acids is 4. The highest BCUT2D eigenvalue weighted by Gasteiger charge is 2.36. The molecule has 4 amide bonds. The predicted octanol–water partition coefficient (Wildman–Crippen LogP) is 3.60.